The van der Waals surface area contributed by atoms with Crippen LogP contribution >= 0.6 is 11.6 Å². The van der Waals surface area contributed by atoms with E-state index in [0.717, 1.165) is 88.0 Å². The molecule has 20 heteroatoms. The number of carbonyl (C=O) groups excluding carboxylic acids is 1. The smallest absolute Gasteiger partial charge is 0.417 e. The molecule has 13 nitrogen and oxygen atoms in total. The predicted molar refractivity (Wildman–Crippen MR) is 212 cm³/mol. The third-order valence-corrected chi connectivity index (χ3v) is 11.1. The molecule has 0 spiro atoms. The molecule has 1 aliphatic heterocycles. The lowest BCUT2D eigenvalue weighted by atomic mass is 10.1. The Hall–Kier alpha value is -5.65. The summed E-state index contributed by atoms with van der Waals surface area (Å²) in [6.07, 6.45) is -2.51. The minimum Gasteiger partial charge on any atom is -0.493 e. The maximum absolute atomic E-state index is 13.5. The van der Waals surface area contributed by atoms with Crippen molar-refractivity contribution < 1.29 is 54.5 Å². The number of rotatable bonds is 13. The van der Waals surface area contributed by atoms with Gasteiger partial charge < -0.3 is 30.0 Å². The van der Waals surface area contributed by atoms with E-state index in [-0.39, 0.29) is 15.6 Å². The second kappa shape index (κ2) is 19.6. The Morgan fingerprint density at radius 1 is 1.00 bits per heavy atom. The van der Waals surface area contributed by atoms with E-state index in [1.807, 2.05) is 17.4 Å². The number of nitriles is 1. The van der Waals surface area contributed by atoms with Crippen molar-refractivity contribution in [2.75, 3.05) is 63.0 Å². The summed E-state index contributed by atoms with van der Waals surface area (Å²) in [6.45, 7) is 5.88. The van der Waals surface area contributed by atoms with Gasteiger partial charge in [-0.3, -0.25) is 9.69 Å². The van der Waals surface area contributed by atoms with Crippen LogP contribution in [0.5, 0.6) is 11.5 Å². The van der Waals surface area contributed by atoms with Gasteiger partial charge in [-0.1, -0.05) is 11.6 Å². The Morgan fingerprint density at radius 2 is 1.70 bits per heavy atom. The molecule has 0 bridgehead atoms. The van der Waals surface area contributed by atoms with Crippen molar-refractivity contribution in [2.24, 2.45) is 0 Å². The number of hydrogen-bond acceptors (Lipinski definition) is 12. The molecule has 0 saturated carbocycles. The van der Waals surface area contributed by atoms with Gasteiger partial charge in [0.25, 0.3) is 5.91 Å². The molecule has 3 N–H and O–H groups in total. The molecule has 1 amide bonds. The number of hydrogen-bond donors (Lipinski definition) is 3. The number of fused-ring (bicyclic) bond motifs is 1. The van der Waals surface area contributed by atoms with Crippen LogP contribution in [0.1, 0.15) is 24.5 Å². The SMILES string of the molecule is CC(O)(CS(=O)(=O)c1ccc(F)cc1)C(=O)Nc1ccc(C#N)c(C(F)(F)F)c1.COc1cc2ncnc(Nc3ccc(F)c(Cl)c3)c2cc1OCCCN1CCOCC1. The van der Waals surface area contributed by atoms with Crippen LogP contribution in [0.25, 0.3) is 10.9 Å². The zero-order valence-corrected chi connectivity index (χ0v) is 33.6. The molecule has 1 atom stereocenters. The fraction of sp³-hybridized carbons (Fsp3) is 0.300. The zero-order chi connectivity index (χ0) is 43.7. The summed E-state index contributed by atoms with van der Waals surface area (Å²) >= 11 is 5.90. The standard InChI is InChI=1S/C22H24ClFN4O3.C18H14F4N2O4S/c1-29-20-13-19-16(12-21(20)31-8-2-5-28-6-9-30-10-7-28)22(26-14-25-19)27-15-3-4-18(24)17(23)11-15;1-17(26,10-29(27,28)14-6-3-12(19)4-7-14)16(25)24-13-5-2-11(9-23)15(8-13)18(20,21)22/h3-4,11-14H,2,5-10H2,1H3,(H,25,26,27);2-8,26H,10H2,1H3,(H,24,25). The predicted octanol–water partition coefficient (Wildman–Crippen LogP) is 7.16. The fourth-order valence-corrected chi connectivity index (χ4v) is 7.59. The molecule has 6 rings (SSSR count). The first-order valence-electron chi connectivity index (χ1n) is 18.0. The molecular formula is C40H38ClF5N6O7S. The Balaban J connectivity index is 0.000000228. The van der Waals surface area contributed by atoms with Gasteiger partial charge in [0.05, 0.1) is 65.3 Å². The second-order valence-corrected chi connectivity index (χ2v) is 15.9. The first-order valence-corrected chi connectivity index (χ1v) is 20.0. The number of benzene rings is 4. The number of sulfone groups is 1. The van der Waals surface area contributed by atoms with Crippen LogP contribution in [0.3, 0.4) is 0 Å². The van der Waals surface area contributed by atoms with Gasteiger partial charge in [-0.25, -0.2) is 27.2 Å². The highest BCUT2D eigenvalue weighted by Gasteiger charge is 2.38. The summed E-state index contributed by atoms with van der Waals surface area (Å²) in [5, 5.41) is 25.0. The molecular weight excluding hydrogens is 839 g/mol. The molecule has 60 heavy (non-hydrogen) atoms. The number of nitrogens with one attached hydrogen (secondary N) is 2. The van der Waals surface area contributed by atoms with Crippen molar-refractivity contribution >= 4 is 55.4 Å². The topological polar surface area (TPSA) is 176 Å². The van der Waals surface area contributed by atoms with Crippen LogP contribution in [-0.2, 0) is 25.5 Å². The summed E-state index contributed by atoms with van der Waals surface area (Å²) in [6, 6.07) is 15.5. The summed E-state index contributed by atoms with van der Waals surface area (Å²) < 4.78 is 107. The lowest BCUT2D eigenvalue weighted by molar-refractivity contribution is -0.137. The monoisotopic (exact) mass is 876 g/mol. The molecule has 2 heterocycles. The van der Waals surface area contributed by atoms with Gasteiger partial charge in [0.1, 0.15) is 23.8 Å². The molecule has 4 aromatic carbocycles. The number of aromatic nitrogens is 2. The van der Waals surface area contributed by atoms with E-state index in [4.69, 9.17) is 31.1 Å². The summed E-state index contributed by atoms with van der Waals surface area (Å²) in [4.78, 5) is 23.0. The number of amides is 1. The van der Waals surface area contributed by atoms with Crippen LogP contribution in [0.2, 0.25) is 5.02 Å². The van der Waals surface area contributed by atoms with E-state index in [2.05, 4.69) is 20.2 Å². The summed E-state index contributed by atoms with van der Waals surface area (Å²) in [5.74, 6) is -1.75. The molecule has 318 valence electrons. The Kier molecular flexibility index (Phi) is 14.8. The Morgan fingerprint density at radius 3 is 2.35 bits per heavy atom. The number of anilines is 3. The van der Waals surface area contributed by atoms with Crippen LogP contribution in [0.15, 0.2) is 84.0 Å². The number of halogens is 6. The number of ether oxygens (including phenoxy) is 3. The van der Waals surface area contributed by atoms with Crippen molar-refractivity contribution in [3.05, 3.63) is 107 Å². The Bertz CT molecular complexity index is 2470. The van der Waals surface area contributed by atoms with Crippen LogP contribution in [0, 0.1) is 23.0 Å². The molecule has 0 radical (unpaired) electrons. The summed E-state index contributed by atoms with van der Waals surface area (Å²) in [5.41, 5.74) is -3.55. The molecule has 1 aliphatic rings. The largest absolute Gasteiger partial charge is 0.493 e. The number of nitrogens with zero attached hydrogens (tertiary/aromatic N) is 4. The number of morpholine rings is 1. The lowest BCUT2D eigenvalue weighted by Crippen LogP contribution is -2.45. The maximum atomic E-state index is 13.5. The van der Waals surface area contributed by atoms with Crippen LogP contribution < -0.4 is 20.1 Å². The van der Waals surface area contributed by atoms with E-state index in [1.54, 1.807) is 13.2 Å². The minimum absolute atomic E-state index is 0.0364. The molecule has 5 aromatic rings. The van der Waals surface area contributed by atoms with Crippen molar-refractivity contribution in [3.63, 3.8) is 0 Å². The van der Waals surface area contributed by atoms with Gasteiger partial charge in [-0.15, -0.1) is 0 Å². The third-order valence-electron chi connectivity index (χ3n) is 8.92. The molecule has 0 aliphatic carbocycles. The minimum atomic E-state index is -4.86. The van der Waals surface area contributed by atoms with E-state index < -0.39 is 56.0 Å². The van der Waals surface area contributed by atoms with Crippen molar-refractivity contribution in [2.45, 2.75) is 30.0 Å². The first-order chi connectivity index (χ1) is 28.4. The number of aliphatic hydroxyl groups is 1. The number of methoxy groups -OCH3 is 1. The molecule has 1 fully saturated rings. The van der Waals surface area contributed by atoms with Crippen LogP contribution in [-0.4, -0.2) is 92.2 Å². The molecule has 1 unspecified atom stereocenters. The van der Waals surface area contributed by atoms with Gasteiger partial charge in [-0.05, 0) is 80.1 Å². The van der Waals surface area contributed by atoms with Gasteiger partial charge in [-0.2, -0.15) is 18.4 Å². The first kappa shape index (κ1) is 45.4. The highest BCUT2D eigenvalue weighted by atomic mass is 35.5. The second-order valence-electron chi connectivity index (χ2n) is 13.5. The maximum Gasteiger partial charge on any atom is 0.417 e. The van der Waals surface area contributed by atoms with Gasteiger partial charge >= 0.3 is 6.18 Å². The van der Waals surface area contributed by atoms with E-state index in [1.165, 1.54) is 24.5 Å². The van der Waals surface area contributed by atoms with E-state index in [0.29, 0.717) is 41.2 Å². The quantitative estimate of drug-likeness (QED) is 0.0620. The van der Waals surface area contributed by atoms with Gasteiger partial charge in [0.15, 0.2) is 26.9 Å². The van der Waals surface area contributed by atoms with Crippen LogP contribution in [0.4, 0.5) is 39.1 Å². The van der Waals surface area contributed by atoms with E-state index >= 15 is 0 Å². The Labute approximate surface area is 346 Å². The third kappa shape index (κ3) is 12.0. The fourth-order valence-electron chi connectivity index (χ4n) is 5.82. The highest BCUT2D eigenvalue weighted by Crippen LogP contribution is 2.36. The zero-order valence-electron chi connectivity index (χ0n) is 32.0. The highest BCUT2D eigenvalue weighted by molar-refractivity contribution is 7.91. The van der Waals surface area contributed by atoms with Gasteiger partial charge in [0, 0.05) is 42.5 Å². The van der Waals surface area contributed by atoms with E-state index in [9.17, 15) is 40.3 Å². The number of carbonyl (C=O) groups is 1. The van der Waals surface area contributed by atoms with Crippen molar-refractivity contribution in [3.8, 4) is 17.6 Å². The molecule has 1 aromatic heterocycles. The number of alkyl halides is 3. The summed E-state index contributed by atoms with van der Waals surface area (Å²) in [7, 11) is -2.61. The molecule has 1 saturated heterocycles. The lowest BCUT2D eigenvalue weighted by Gasteiger charge is -2.26. The average Bonchev–Trinajstić information content (AvgIpc) is 3.21. The normalized spacial score (nSPS) is 14.3. The van der Waals surface area contributed by atoms with Gasteiger partial charge in [0.2, 0.25) is 0 Å². The van der Waals surface area contributed by atoms with Crippen molar-refractivity contribution in [1.82, 2.24) is 14.9 Å². The average molecular weight is 877 g/mol. The van der Waals surface area contributed by atoms with Crippen molar-refractivity contribution in [1.29, 1.82) is 5.26 Å².